The summed E-state index contributed by atoms with van der Waals surface area (Å²) in [4.78, 5) is 24.5. The third-order valence-electron chi connectivity index (χ3n) is 5.05. The highest BCUT2D eigenvalue weighted by atomic mass is 16.6. The van der Waals surface area contributed by atoms with E-state index in [0.717, 1.165) is 5.56 Å². The van der Waals surface area contributed by atoms with Gasteiger partial charge in [-0.15, -0.1) is 0 Å². The van der Waals surface area contributed by atoms with E-state index in [0.29, 0.717) is 29.0 Å². The quantitative estimate of drug-likeness (QED) is 0.462. The molecule has 3 aromatic carbocycles. The molecule has 4 rings (SSSR count). The van der Waals surface area contributed by atoms with Crippen LogP contribution in [-0.2, 0) is 0 Å². The van der Waals surface area contributed by atoms with E-state index < -0.39 is 11.0 Å². The average molecular weight is 401 g/mol. The molecular formula is C23H19N3O4. The minimum atomic E-state index is -0.573. The van der Waals surface area contributed by atoms with Gasteiger partial charge in [-0.1, -0.05) is 42.5 Å². The fraction of sp³-hybridized carbons (Fsp3) is 0.130. The smallest absolute Gasteiger partial charge is 0.274 e. The highest BCUT2D eigenvalue weighted by molar-refractivity contribution is 6.05. The molecule has 7 nitrogen and oxygen atoms in total. The summed E-state index contributed by atoms with van der Waals surface area (Å²) >= 11 is 0. The largest absolute Gasteiger partial charge is 0.497 e. The van der Waals surface area contributed by atoms with Crippen molar-refractivity contribution in [1.29, 1.82) is 0 Å². The predicted octanol–water partition coefficient (Wildman–Crippen LogP) is 4.59. The maximum atomic E-state index is 13.3. The second-order valence-corrected chi connectivity index (χ2v) is 6.83. The standard InChI is InChI=1S/C23H19N3O4/c1-30-18-13-11-17(12-14-18)23(27)25-22(19-9-5-6-10-21(19)26(28)29)15-20(24-25)16-7-3-2-4-8-16/h2-14,22H,15H2,1H3. The zero-order valence-electron chi connectivity index (χ0n) is 16.3. The minimum absolute atomic E-state index is 0.0282. The molecule has 3 aromatic rings. The molecule has 0 aromatic heterocycles. The summed E-state index contributed by atoms with van der Waals surface area (Å²) in [7, 11) is 1.55. The zero-order chi connectivity index (χ0) is 21.1. The lowest BCUT2D eigenvalue weighted by Crippen LogP contribution is -2.27. The monoisotopic (exact) mass is 401 g/mol. The summed E-state index contributed by atoms with van der Waals surface area (Å²) in [5.41, 5.74) is 2.45. The average Bonchev–Trinajstić information content (AvgIpc) is 3.24. The number of benzene rings is 3. The van der Waals surface area contributed by atoms with Crippen molar-refractivity contribution in [3.05, 3.63) is 106 Å². The van der Waals surface area contributed by atoms with Crippen LogP contribution in [0.5, 0.6) is 5.75 Å². The molecule has 0 N–H and O–H groups in total. The van der Waals surface area contributed by atoms with Crippen molar-refractivity contribution in [2.24, 2.45) is 5.10 Å². The lowest BCUT2D eigenvalue weighted by molar-refractivity contribution is -0.385. The number of carbonyl (C=O) groups is 1. The highest BCUT2D eigenvalue weighted by Gasteiger charge is 2.37. The molecule has 30 heavy (non-hydrogen) atoms. The number of hydrogen-bond acceptors (Lipinski definition) is 5. The maximum Gasteiger partial charge on any atom is 0.274 e. The Morgan fingerprint density at radius 1 is 1.03 bits per heavy atom. The van der Waals surface area contributed by atoms with E-state index in [2.05, 4.69) is 5.10 Å². The van der Waals surface area contributed by atoms with Gasteiger partial charge in [0.15, 0.2) is 0 Å². The Morgan fingerprint density at radius 3 is 2.37 bits per heavy atom. The molecule has 0 saturated heterocycles. The Bertz CT molecular complexity index is 1110. The molecule has 1 unspecified atom stereocenters. The molecule has 150 valence electrons. The van der Waals surface area contributed by atoms with Gasteiger partial charge in [-0.25, -0.2) is 5.01 Å². The van der Waals surface area contributed by atoms with Crippen molar-refractivity contribution in [1.82, 2.24) is 5.01 Å². The summed E-state index contributed by atoms with van der Waals surface area (Å²) in [6.07, 6.45) is 0.386. The summed E-state index contributed by atoms with van der Waals surface area (Å²) in [5.74, 6) is 0.309. The van der Waals surface area contributed by atoms with Crippen molar-refractivity contribution < 1.29 is 14.5 Å². The fourth-order valence-corrected chi connectivity index (χ4v) is 3.55. The summed E-state index contributed by atoms with van der Waals surface area (Å²) in [6, 6.07) is 22.1. The van der Waals surface area contributed by atoms with Crippen LogP contribution < -0.4 is 4.74 Å². The molecule has 0 aliphatic carbocycles. The number of amides is 1. The van der Waals surface area contributed by atoms with E-state index in [-0.39, 0.29) is 11.6 Å². The number of nitro groups is 1. The summed E-state index contributed by atoms with van der Waals surface area (Å²) in [5, 5.41) is 17.5. The van der Waals surface area contributed by atoms with Crippen molar-refractivity contribution in [3.63, 3.8) is 0 Å². The van der Waals surface area contributed by atoms with Gasteiger partial charge >= 0.3 is 0 Å². The Kier molecular flexibility index (Phi) is 5.26. The van der Waals surface area contributed by atoms with Gasteiger partial charge in [0.2, 0.25) is 0 Å². The van der Waals surface area contributed by atoms with Crippen molar-refractivity contribution in [2.75, 3.05) is 7.11 Å². The molecule has 0 bridgehead atoms. The van der Waals surface area contributed by atoms with E-state index in [9.17, 15) is 14.9 Å². The van der Waals surface area contributed by atoms with Crippen LogP contribution in [0.1, 0.15) is 33.9 Å². The number of carbonyl (C=O) groups excluding carboxylic acids is 1. The molecule has 0 saturated carbocycles. The molecule has 1 atom stereocenters. The van der Waals surface area contributed by atoms with E-state index in [4.69, 9.17) is 4.74 Å². The SMILES string of the molecule is COc1ccc(C(=O)N2N=C(c3ccccc3)CC2c2ccccc2[N+](=O)[O-])cc1. The Labute approximate surface area is 173 Å². The number of nitrogens with zero attached hydrogens (tertiary/aromatic N) is 3. The molecule has 0 fully saturated rings. The van der Waals surface area contributed by atoms with Crippen LogP contribution in [0.4, 0.5) is 5.69 Å². The molecular weight excluding hydrogens is 382 g/mol. The van der Waals surface area contributed by atoms with Crippen LogP contribution in [0.15, 0.2) is 84.0 Å². The van der Waals surface area contributed by atoms with Crippen LogP contribution >= 0.6 is 0 Å². The van der Waals surface area contributed by atoms with Gasteiger partial charge in [-0.3, -0.25) is 14.9 Å². The van der Waals surface area contributed by atoms with Gasteiger partial charge < -0.3 is 4.74 Å². The number of ether oxygens (including phenoxy) is 1. The van der Waals surface area contributed by atoms with Crippen LogP contribution in [-0.4, -0.2) is 28.7 Å². The second kappa shape index (κ2) is 8.16. The first-order valence-electron chi connectivity index (χ1n) is 9.42. The number of methoxy groups -OCH3 is 1. The number of para-hydroxylation sites is 1. The topological polar surface area (TPSA) is 85.0 Å². The first kappa shape index (κ1) is 19.3. The first-order valence-corrected chi connectivity index (χ1v) is 9.42. The Morgan fingerprint density at radius 2 is 1.70 bits per heavy atom. The van der Waals surface area contributed by atoms with Gasteiger partial charge in [0.1, 0.15) is 5.75 Å². The second-order valence-electron chi connectivity index (χ2n) is 6.83. The molecule has 1 heterocycles. The summed E-state index contributed by atoms with van der Waals surface area (Å²) < 4.78 is 5.15. The van der Waals surface area contributed by atoms with Gasteiger partial charge in [-0.05, 0) is 35.9 Å². The fourth-order valence-electron chi connectivity index (χ4n) is 3.55. The van der Waals surface area contributed by atoms with Crippen LogP contribution in [0, 0.1) is 10.1 Å². The van der Waals surface area contributed by atoms with Gasteiger partial charge in [0.25, 0.3) is 11.6 Å². The minimum Gasteiger partial charge on any atom is -0.497 e. The van der Waals surface area contributed by atoms with Crippen LogP contribution in [0.2, 0.25) is 0 Å². The molecule has 1 aliphatic rings. The van der Waals surface area contributed by atoms with Crippen molar-refractivity contribution in [3.8, 4) is 5.75 Å². The highest BCUT2D eigenvalue weighted by Crippen LogP contribution is 2.38. The number of hydrazone groups is 1. The zero-order valence-corrected chi connectivity index (χ0v) is 16.3. The van der Waals surface area contributed by atoms with Crippen LogP contribution in [0.3, 0.4) is 0 Å². The molecule has 0 radical (unpaired) electrons. The molecule has 1 amide bonds. The third kappa shape index (κ3) is 3.65. The predicted molar refractivity (Wildman–Crippen MR) is 113 cm³/mol. The number of hydrogen-bond donors (Lipinski definition) is 0. The van der Waals surface area contributed by atoms with Crippen molar-refractivity contribution >= 4 is 17.3 Å². The Hall–Kier alpha value is -4.00. The number of nitro benzene ring substituents is 1. The number of rotatable bonds is 5. The molecule has 0 spiro atoms. The lowest BCUT2D eigenvalue weighted by Gasteiger charge is -2.22. The summed E-state index contributed by atoms with van der Waals surface area (Å²) in [6.45, 7) is 0. The molecule has 1 aliphatic heterocycles. The van der Waals surface area contributed by atoms with E-state index in [1.807, 2.05) is 30.3 Å². The maximum absolute atomic E-state index is 13.3. The van der Waals surface area contributed by atoms with Crippen LogP contribution in [0.25, 0.3) is 0 Å². The van der Waals surface area contributed by atoms with Crippen molar-refractivity contribution in [2.45, 2.75) is 12.5 Å². The lowest BCUT2D eigenvalue weighted by atomic mass is 9.97. The van der Waals surface area contributed by atoms with Gasteiger partial charge in [0, 0.05) is 18.1 Å². The third-order valence-corrected chi connectivity index (χ3v) is 5.05. The Balaban J connectivity index is 1.76. The first-order chi connectivity index (χ1) is 14.6. The molecule has 7 heteroatoms. The van der Waals surface area contributed by atoms with E-state index >= 15 is 0 Å². The van der Waals surface area contributed by atoms with Gasteiger partial charge in [-0.2, -0.15) is 5.10 Å². The normalized spacial score (nSPS) is 15.6. The van der Waals surface area contributed by atoms with Gasteiger partial charge in [0.05, 0.1) is 29.4 Å². The van der Waals surface area contributed by atoms with E-state index in [1.165, 1.54) is 11.1 Å². The van der Waals surface area contributed by atoms with E-state index in [1.54, 1.807) is 49.6 Å².